The molecule has 2 aliphatic heterocycles. The van der Waals surface area contributed by atoms with E-state index < -0.39 is 0 Å². The minimum atomic E-state index is 0.0200. The van der Waals surface area contributed by atoms with E-state index in [0.29, 0.717) is 39.3 Å². The van der Waals surface area contributed by atoms with Gasteiger partial charge in [-0.15, -0.1) is 0 Å². The molecule has 6 nitrogen and oxygen atoms in total. The molecule has 3 rings (SSSR count). The summed E-state index contributed by atoms with van der Waals surface area (Å²) in [7, 11) is 0. The summed E-state index contributed by atoms with van der Waals surface area (Å²) in [5, 5.41) is 3.28. The molecule has 0 radical (unpaired) electrons. The number of hydrogen-bond donors (Lipinski definition) is 1. The first-order valence-electron chi connectivity index (χ1n) is 8.95. The summed E-state index contributed by atoms with van der Waals surface area (Å²) < 4.78 is 5.39. The molecule has 2 aliphatic rings. The standard InChI is InChI=1S/C19H27N3O3/c1-14-7-15(2)9-16(8-14)11-21-4-5-22(12-19(21)24)18(23)10-17-13-25-6-3-20-17/h7-9,17,20H,3-6,10-13H2,1-2H3. The number of aryl methyl sites for hydroxylation is 2. The highest BCUT2D eigenvalue weighted by atomic mass is 16.5. The van der Waals surface area contributed by atoms with E-state index in [0.717, 1.165) is 12.1 Å². The summed E-state index contributed by atoms with van der Waals surface area (Å²) in [6, 6.07) is 6.42. The summed E-state index contributed by atoms with van der Waals surface area (Å²) in [4.78, 5) is 28.4. The number of carbonyl (C=O) groups is 2. The van der Waals surface area contributed by atoms with Gasteiger partial charge in [0, 0.05) is 38.6 Å². The van der Waals surface area contributed by atoms with E-state index in [-0.39, 0.29) is 24.4 Å². The van der Waals surface area contributed by atoms with Gasteiger partial charge in [-0.3, -0.25) is 9.59 Å². The van der Waals surface area contributed by atoms with Crippen LogP contribution >= 0.6 is 0 Å². The van der Waals surface area contributed by atoms with Crippen molar-refractivity contribution in [2.24, 2.45) is 0 Å². The maximum Gasteiger partial charge on any atom is 0.242 e. The van der Waals surface area contributed by atoms with Gasteiger partial charge in [0.15, 0.2) is 0 Å². The molecule has 1 aromatic rings. The molecule has 0 aromatic heterocycles. The number of morpholine rings is 1. The number of piperazine rings is 1. The zero-order chi connectivity index (χ0) is 17.8. The van der Waals surface area contributed by atoms with Crippen molar-refractivity contribution in [1.82, 2.24) is 15.1 Å². The lowest BCUT2D eigenvalue weighted by Gasteiger charge is -2.35. The molecule has 1 N–H and O–H groups in total. The normalized spacial score (nSPS) is 21.5. The number of nitrogens with one attached hydrogen (secondary N) is 1. The van der Waals surface area contributed by atoms with E-state index in [4.69, 9.17) is 4.74 Å². The van der Waals surface area contributed by atoms with Gasteiger partial charge in [0.2, 0.25) is 11.8 Å². The van der Waals surface area contributed by atoms with Crippen molar-refractivity contribution in [2.75, 3.05) is 39.4 Å². The zero-order valence-corrected chi connectivity index (χ0v) is 15.1. The lowest BCUT2D eigenvalue weighted by atomic mass is 10.1. The minimum absolute atomic E-state index is 0.0200. The number of hydrogen-bond acceptors (Lipinski definition) is 4. The fourth-order valence-electron chi connectivity index (χ4n) is 3.56. The predicted molar refractivity (Wildman–Crippen MR) is 95.1 cm³/mol. The van der Waals surface area contributed by atoms with Crippen LogP contribution < -0.4 is 5.32 Å². The quantitative estimate of drug-likeness (QED) is 0.879. The molecule has 1 atom stereocenters. The lowest BCUT2D eigenvalue weighted by Crippen LogP contribution is -2.53. The summed E-state index contributed by atoms with van der Waals surface area (Å²) in [6.07, 6.45) is 0.393. The van der Waals surface area contributed by atoms with E-state index in [9.17, 15) is 9.59 Å². The van der Waals surface area contributed by atoms with E-state index >= 15 is 0 Å². The Hall–Kier alpha value is -1.92. The number of nitrogens with zero attached hydrogens (tertiary/aromatic N) is 2. The van der Waals surface area contributed by atoms with Crippen LogP contribution in [0.5, 0.6) is 0 Å². The fraction of sp³-hybridized carbons (Fsp3) is 0.579. The molecule has 25 heavy (non-hydrogen) atoms. The van der Waals surface area contributed by atoms with Gasteiger partial charge >= 0.3 is 0 Å². The molecule has 6 heteroatoms. The van der Waals surface area contributed by atoms with Crippen LogP contribution in [0.25, 0.3) is 0 Å². The highest BCUT2D eigenvalue weighted by Gasteiger charge is 2.28. The molecule has 2 amide bonds. The van der Waals surface area contributed by atoms with Gasteiger partial charge in [0.25, 0.3) is 0 Å². The van der Waals surface area contributed by atoms with Gasteiger partial charge in [-0.2, -0.15) is 0 Å². The third-order valence-electron chi connectivity index (χ3n) is 4.75. The van der Waals surface area contributed by atoms with Gasteiger partial charge < -0.3 is 19.9 Å². The van der Waals surface area contributed by atoms with Crippen molar-refractivity contribution in [3.8, 4) is 0 Å². The third kappa shape index (κ3) is 4.80. The van der Waals surface area contributed by atoms with Gasteiger partial charge in [-0.05, 0) is 19.4 Å². The van der Waals surface area contributed by atoms with E-state index in [1.807, 2.05) is 4.90 Å². The van der Waals surface area contributed by atoms with Crippen molar-refractivity contribution in [1.29, 1.82) is 0 Å². The zero-order valence-electron chi connectivity index (χ0n) is 15.1. The molecule has 0 saturated carbocycles. The third-order valence-corrected chi connectivity index (χ3v) is 4.75. The Bertz CT molecular complexity index is 621. The topological polar surface area (TPSA) is 61.9 Å². The van der Waals surface area contributed by atoms with E-state index in [1.165, 1.54) is 11.1 Å². The van der Waals surface area contributed by atoms with Gasteiger partial charge in [-0.25, -0.2) is 0 Å². The Morgan fingerprint density at radius 1 is 1.24 bits per heavy atom. The number of rotatable bonds is 4. The Kier molecular flexibility index (Phi) is 5.71. The summed E-state index contributed by atoms with van der Waals surface area (Å²) in [5.41, 5.74) is 3.56. The lowest BCUT2D eigenvalue weighted by molar-refractivity contribution is -0.146. The molecule has 2 heterocycles. The number of amides is 2. The highest BCUT2D eigenvalue weighted by Crippen LogP contribution is 2.14. The van der Waals surface area contributed by atoms with Crippen LogP contribution in [0.4, 0.5) is 0 Å². The van der Waals surface area contributed by atoms with Gasteiger partial charge in [-0.1, -0.05) is 29.3 Å². The first-order chi connectivity index (χ1) is 12.0. The molecule has 0 aliphatic carbocycles. The second-order valence-electron chi connectivity index (χ2n) is 7.06. The average Bonchev–Trinajstić information content (AvgIpc) is 2.56. The molecular weight excluding hydrogens is 318 g/mol. The fourth-order valence-corrected chi connectivity index (χ4v) is 3.56. The maximum absolute atomic E-state index is 12.5. The largest absolute Gasteiger partial charge is 0.378 e. The Morgan fingerprint density at radius 3 is 2.64 bits per heavy atom. The van der Waals surface area contributed by atoms with Crippen molar-refractivity contribution in [3.63, 3.8) is 0 Å². The predicted octanol–water partition coefficient (Wildman–Crippen LogP) is 0.853. The molecule has 0 spiro atoms. The molecule has 0 bridgehead atoms. The van der Waals surface area contributed by atoms with Crippen LogP contribution in [0.1, 0.15) is 23.1 Å². The van der Waals surface area contributed by atoms with E-state index in [1.54, 1.807) is 4.90 Å². The number of ether oxygens (including phenoxy) is 1. The Balaban J connectivity index is 1.53. The van der Waals surface area contributed by atoms with Crippen LogP contribution in [-0.4, -0.2) is 67.0 Å². The van der Waals surface area contributed by atoms with Gasteiger partial charge in [0.1, 0.15) is 0 Å². The van der Waals surface area contributed by atoms with Crippen molar-refractivity contribution < 1.29 is 14.3 Å². The van der Waals surface area contributed by atoms with Crippen LogP contribution in [0.2, 0.25) is 0 Å². The van der Waals surface area contributed by atoms with Crippen molar-refractivity contribution in [3.05, 3.63) is 34.9 Å². The molecule has 136 valence electrons. The molecule has 2 saturated heterocycles. The van der Waals surface area contributed by atoms with Crippen LogP contribution in [0, 0.1) is 13.8 Å². The number of carbonyl (C=O) groups excluding carboxylic acids is 2. The van der Waals surface area contributed by atoms with Crippen molar-refractivity contribution >= 4 is 11.8 Å². The second kappa shape index (κ2) is 7.97. The Morgan fingerprint density at radius 2 is 2.00 bits per heavy atom. The van der Waals surface area contributed by atoms with Crippen LogP contribution in [0.15, 0.2) is 18.2 Å². The first-order valence-corrected chi connectivity index (χ1v) is 8.95. The smallest absolute Gasteiger partial charge is 0.242 e. The highest BCUT2D eigenvalue weighted by molar-refractivity contribution is 5.86. The Labute approximate surface area is 149 Å². The van der Waals surface area contributed by atoms with Crippen molar-refractivity contribution in [2.45, 2.75) is 32.9 Å². The molecule has 2 fully saturated rings. The summed E-state index contributed by atoms with van der Waals surface area (Å²) >= 11 is 0. The molecule has 1 unspecified atom stereocenters. The second-order valence-corrected chi connectivity index (χ2v) is 7.06. The monoisotopic (exact) mass is 345 g/mol. The minimum Gasteiger partial charge on any atom is -0.378 e. The maximum atomic E-state index is 12.5. The number of benzene rings is 1. The average molecular weight is 345 g/mol. The SMILES string of the molecule is Cc1cc(C)cc(CN2CCN(C(=O)CC3COCCN3)CC2=O)c1. The van der Waals surface area contributed by atoms with Crippen LogP contribution in [0.3, 0.4) is 0 Å². The summed E-state index contributed by atoms with van der Waals surface area (Å²) in [6.45, 7) is 8.15. The van der Waals surface area contributed by atoms with Gasteiger partial charge in [0.05, 0.1) is 19.8 Å². The first kappa shape index (κ1) is 17.9. The van der Waals surface area contributed by atoms with Crippen LogP contribution in [-0.2, 0) is 20.9 Å². The molecule has 1 aromatic carbocycles. The molecular formula is C19H27N3O3. The van der Waals surface area contributed by atoms with E-state index in [2.05, 4.69) is 37.4 Å². The summed E-state index contributed by atoms with van der Waals surface area (Å²) in [5.74, 6) is 0.0500.